The van der Waals surface area contributed by atoms with Crippen LogP contribution in [0.2, 0.25) is 5.28 Å². The van der Waals surface area contributed by atoms with Crippen LogP contribution in [0.5, 0.6) is 29.4 Å². The van der Waals surface area contributed by atoms with Crippen molar-refractivity contribution in [2.24, 2.45) is 53.3 Å². The quantitative estimate of drug-likeness (QED) is 0.0314. The lowest BCUT2D eigenvalue weighted by Gasteiger charge is -2.48. The predicted octanol–water partition coefficient (Wildman–Crippen LogP) is 16.1. The second kappa shape index (κ2) is 40.2. The number of aliphatic hydroxyl groups excluding tert-OH is 1. The average Bonchev–Trinajstić information content (AvgIpc) is 1.37. The summed E-state index contributed by atoms with van der Waals surface area (Å²) in [5.41, 5.74) is 9.06. The van der Waals surface area contributed by atoms with Crippen molar-refractivity contribution in [3.8, 4) is 35.5 Å². The van der Waals surface area contributed by atoms with Crippen molar-refractivity contribution in [1.82, 2.24) is 55.0 Å². The maximum atomic E-state index is 12.5. The zero-order valence-corrected chi connectivity index (χ0v) is 72.1. The number of nitrogens with zero attached hydrogens (tertiary/aromatic N) is 13. The molecule has 0 saturated heterocycles. The van der Waals surface area contributed by atoms with E-state index in [4.69, 9.17) is 65.9 Å². The molecule has 0 spiro atoms. The van der Waals surface area contributed by atoms with E-state index in [1.54, 1.807) is 48.3 Å². The molecule has 1 unspecified atom stereocenters. The maximum absolute atomic E-state index is 12.5. The minimum absolute atomic E-state index is 0. The molecule has 6 heterocycles. The summed E-state index contributed by atoms with van der Waals surface area (Å²) >= 11 is 6.05. The molecule has 4 fully saturated rings. The summed E-state index contributed by atoms with van der Waals surface area (Å²) in [6.45, 7) is 34.1. The fourth-order valence-corrected chi connectivity index (χ4v) is 22.2. The van der Waals surface area contributed by atoms with Gasteiger partial charge in [0.2, 0.25) is 63.8 Å². The van der Waals surface area contributed by atoms with Crippen molar-refractivity contribution in [3.05, 3.63) is 126 Å². The first-order valence-corrected chi connectivity index (χ1v) is 41.7. The lowest BCUT2D eigenvalue weighted by atomic mass is 9.55. The van der Waals surface area contributed by atoms with Gasteiger partial charge in [0.25, 0.3) is 6.04 Å². The summed E-state index contributed by atoms with van der Waals surface area (Å²) in [6, 6.07) is 1.34. The lowest BCUT2D eigenvalue weighted by Crippen LogP contribution is -2.52. The van der Waals surface area contributed by atoms with E-state index < -0.39 is 34.8 Å². The van der Waals surface area contributed by atoms with Crippen LogP contribution in [0.1, 0.15) is 309 Å². The Morgan fingerprint density at radius 2 is 0.855 bits per heavy atom. The van der Waals surface area contributed by atoms with Gasteiger partial charge in [-0.2, -0.15) is 30.2 Å². The zero-order valence-electron chi connectivity index (χ0n) is 71.3. The monoisotopic (exact) mass is 1730 g/mol. The van der Waals surface area contributed by atoms with Crippen molar-refractivity contribution >= 4 is 52.6 Å². The number of aromatic nitrogens is 11. The highest BCUT2D eigenvalue weighted by Gasteiger charge is 2.58. The van der Waals surface area contributed by atoms with Crippen LogP contribution < -0.4 is 23.7 Å². The highest BCUT2D eigenvalue weighted by Crippen LogP contribution is 2.59. The first-order chi connectivity index (χ1) is 56.7. The van der Waals surface area contributed by atoms with Gasteiger partial charge in [0.1, 0.15) is 23.4 Å². The van der Waals surface area contributed by atoms with Crippen molar-refractivity contribution in [2.75, 3.05) is 55.4 Å². The van der Waals surface area contributed by atoms with E-state index in [-0.39, 0.29) is 161 Å². The van der Waals surface area contributed by atoms with Gasteiger partial charge < -0.3 is 52.4 Å². The smallest absolute Gasteiger partial charge is 0.376 e. The number of esters is 3. The number of carbonyl (C=O) groups excluding carboxylic acids is 7. The highest BCUT2D eigenvalue weighted by molar-refractivity contribution is 6.28. The van der Waals surface area contributed by atoms with E-state index >= 15 is 0 Å². The number of ether oxygens (including phenoxy) is 8. The summed E-state index contributed by atoms with van der Waals surface area (Å²) in [5.74, 6) is 3.52. The standard InChI is InChI=1S/2C19H23N3O4.C19H24N2O5.C16H19N3O2.C15H19ClN2O2.5CH4/c1-5-25-18(23)16-21-15-12(17(22-16)24-4)6-7-13-10(2)14-11(9-20-26-14)8-19(13,15)3;1-6-26-18(24)16-21-15-11(17(22-16)25-5)7-8-12-10(2)14(23)13(20-4)9-19(12,15)3;1-5-26-18(24)16-20-15-12(17(21-16)25-4)6-7-13-10(2)14(23)11(9-22)8-19(13,15)3;1-9-11-5-4-10-14(16(11,2)7-6-12(9)20)18-13(8-17)19-15(10)21-3;1-8-10-5-4-9-12(15(10,2)7-6-11(8)19)17-14(16)18-13(9)20-3;;;;;/h9-10,13H,5-8H2,1-4H3;10,12-13H,6-9H2,1-3,5H3;9-10,13,22H,5-8H2,1-4H3;9,11H,4-7H2,1-3H3;8,10H,4-7H2,1-3H3;5*1H4/b;;11-9-;;;;;;;/t10-,13-,19-;10-,12-,13?,19-;10-,13-,19-;9-,11-,16-;8-,10-,15-;;;;;/m00000...../s1. The summed E-state index contributed by atoms with van der Waals surface area (Å²) < 4.78 is 47.8. The van der Waals surface area contributed by atoms with E-state index in [1.807, 2.05) is 40.7 Å². The number of hydrogen-bond donors (Lipinski definition) is 1. The summed E-state index contributed by atoms with van der Waals surface area (Å²) in [4.78, 5) is 133. The number of nitriles is 1. The third-order valence-corrected chi connectivity index (χ3v) is 28.2. The number of ketones is 4. The normalized spacial score (nSPS) is 28.4. The third-order valence-electron chi connectivity index (χ3n) is 28.0. The van der Waals surface area contributed by atoms with Gasteiger partial charge in [0.05, 0.1) is 96.3 Å². The van der Waals surface area contributed by atoms with Crippen LogP contribution in [0.15, 0.2) is 22.6 Å². The molecule has 124 heavy (non-hydrogen) atoms. The van der Waals surface area contributed by atoms with E-state index in [1.165, 1.54) is 14.2 Å². The number of Topliss-reactive ketones (excluding diaryl/α,β-unsaturated/α-hetero) is 4. The number of allylic oxidation sites excluding steroid dienone is 1. The molecular formula is C93H128ClN13O17. The molecule has 674 valence electrons. The average molecular weight is 1740 g/mol. The molecule has 16 atom stereocenters. The largest absolute Gasteiger partial charge is 0.515 e. The zero-order chi connectivity index (χ0) is 86.3. The van der Waals surface area contributed by atoms with Crippen molar-refractivity contribution in [3.63, 3.8) is 0 Å². The number of methoxy groups -OCH3 is 5. The Labute approximate surface area is 735 Å². The van der Waals surface area contributed by atoms with E-state index in [9.17, 15) is 38.7 Å². The first-order valence-electron chi connectivity index (χ1n) is 41.3. The van der Waals surface area contributed by atoms with Crippen molar-refractivity contribution in [2.45, 2.75) is 275 Å². The number of carbonyl (C=O) groups is 7. The topological polar surface area (TPSA) is 397 Å². The van der Waals surface area contributed by atoms with Crippen LogP contribution in [0.3, 0.4) is 0 Å². The summed E-state index contributed by atoms with van der Waals surface area (Å²) in [5, 5.41) is 22.9. The van der Waals surface area contributed by atoms with Gasteiger partial charge in [-0.05, 0) is 152 Å². The molecule has 6 aromatic rings. The number of hydrogen-bond acceptors (Lipinski definition) is 29. The van der Waals surface area contributed by atoms with Gasteiger partial charge in [-0.3, -0.25) is 19.2 Å². The minimum atomic E-state index is -0.677. The molecule has 4 saturated carbocycles. The minimum Gasteiger partial charge on any atom is -0.515 e. The Bertz CT molecular complexity index is 5120. The number of aliphatic hydroxyl groups is 1. The second-order valence-corrected chi connectivity index (χ2v) is 34.5. The van der Waals surface area contributed by atoms with Gasteiger partial charge in [-0.15, -0.1) is 0 Å². The van der Waals surface area contributed by atoms with Crippen molar-refractivity contribution < 1.29 is 81.1 Å². The molecule has 1 N–H and O–H groups in total. The van der Waals surface area contributed by atoms with E-state index in [0.29, 0.717) is 103 Å². The first kappa shape index (κ1) is 101. The van der Waals surface area contributed by atoms with Gasteiger partial charge in [0.15, 0.2) is 5.78 Å². The molecule has 0 aromatic carbocycles. The third kappa shape index (κ3) is 17.8. The van der Waals surface area contributed by atoms with Gasteiger partial charge in [-0.1, -0.05) is 112 Å². The lowest BCUT2D eigenvalue weighted by molar-refractivity contribution is -0.130. The molecular weight excluding hydrogens is 1610 g/mol. The molecule has 16 rings (SSSR count). The number of fused-ring (bicyclic) bond motifs is 16. The van der Waals surface area contributed by atoms with Crippen LogP contribution in [0, 0.1) is 71.2 Å². The Hall–Kier alpha value is -10.5. The van der Waals surface area contributed by atoms with Crippen LogP contribution in [0.4, 0.5) is 0 Å². The molecule has 30 nitrogen and oxygen atoms in total. The second-order valence-electron chi connectivity index (χ2n) is 34.2. The SMILES string of the molecule is C.C.C.C.C.CCOC(=O)c1nc(OC)c2c(n1)[C@@]1(C)C/C(=C/O)C(=O)[C@@H](C)[C@@H]1CC2.CCOC(=O)c1nc(OC)c2c(n1)[C@@]1(C)Cc3cnoc3[C@@H](C)[C@@H]1CC2.COc1nc(C#N)nc2c1CC[C@H]1[C@H](C)C(=O)CC[C@]21C.COc1nc(Cl)nc2c1CC[C@H]1[C@H](C)C(=O)CC[C@]21C.[C-]#[N+]C1C[C@]2(C)c3nc(C(=O)OCC)nc(OC)c3CC[C@H]2[C@H](C)C1=O. The molecule has 10 aliphatic carbocycles. The fourth-order valence-electron chi connectivity index (χ4n) is 22.0. The molecule has 0 aliphatic heterocycles. The fraction of sp³-hybridized carbons (Fsp3) is 0.634. The Balaban J connectivity index is 0.000000212. The predicted molar refractivity (Wildman–Crippen MR) is 464 cm³/mol. The highest BCUT2D eigenvalue weighted by atomic mass is 35.5. The molecule has 31 heteroatoms. The van der Waals surface area contributed by atoms with Crippen LogP contribution >= 0.6 is 11.6 Å². The van der Waals surface area contributed by atoms with Gasteiger partial charge in [-0.25, -0.2) is 45.9 Å². The maximum Gasteiger partial charge on any atom is 0.376 e. The Kier molecular flexibility index (Phi) is 32.6. The van der Waals surface area contributed by atoms with Crippen molar-refractivity contribution in [1.29, 1.82) is 5.26 Å². The molecule has 0 amide bonds. The Morgan fingerprint density at radius 3 is 1.24 bits per heavy atom. The molecule has 0 radical (unpaired) electrons. The number of rotatable bonds is 11. The van der Waals surface area contributed by atoms with E-state index in [2.05, 4.69) is 94.5 Å². The van der Waals surface area contributed by atoms with Crippen LogP contribution in [-0.4, -0.2) is 163 Å². The van der Waals surface area contributed by atoms with Gasteiger partial charge >= 0.3 is 17.9 Å². The molecule has 6 aromatic heterocycles. The summed E-state index contributed by atoms with van der Waals surface area (Å²) in [6.07, 6.45) is 15.4. The van der Waals surface area contributed by atoms with E-state index in [0.717, 1.165) is 139 Å². The Morgan fingerprint density at radius 1 is 0.500 bits per heavy atom. The van der Waals surface area contributed by atoms with Crippen LogP contribution in [-0.2, 0) is 99.0 Å². The van der Waals surface area contributed by atoms with Crippen LogP contribution in [0.25, 0.3) is 4.85 Å². The molecule has 10 aliphatic rings. The summed E-state index contributed by atoms with van der Waals surface area (Å²) in [7, 11) is 7.79. The van der Waals surface area contributed by atoms with Gasteiger partial charge in [0, 0.05) is 115 Å². The number of halogens is 1. The molecule has 0 bridgehead atoms.